The van der Waals surface area contributed by atoms with Crippen LogP contribution in [0.5, 0.6) is 0 Å². The Labute approximate surface area is 185 Å². The molecule has 8 nitrogen and oxygen atoms in total. The first-order valence-corrected chi connectivity index (χ1v) is 10.9. The fourth-order valence-electron chi connectivity index (χ4n) is 3.06. The van der Waals surface area contributed by atoms with Gasteiger partial charge < -0.3 is 19.4 Å². The quantitative estimate of drug-likeness (QED) is 0.331. The zero-order valence-electron chi connectivity index (χ0n) is 17.4. The summed E-state index contributed by atoms with van der Waals surface area (Å²) in [6, 6.07) is 2.01. The number of aryl methyl sites for hydroxylation is 2. The summed E-state index contributed by atoms with van der Waals surface area (Å²) in [5, 5.41) is 3.34. The van der Waals surface area contributed by atoms with Gasteiger partial charge in [-0.3, -0.25) is 4.99 Å². The molecule has 162 valence electrons. The average molecular weight is 528 g/mol. The summed E-state index contributed by atoms with van der Waals surface area (Å²) in [5.41, 5.74) is 1.10. The van der Waals surface area contributed by atoms with Crippen LogP contribution in [-0.2, 0) is 21.3 Å². The number of sulfonamides is 1. The van der Waals surface area contributed by atoms with E-state index in [1.54, 1.807) is 11.4 Å². The van der Waals surface area contributed by atoms with Crippen molar-refractivity contribution in [2.75, 3.05) is 45.6 Å². The molecule has 10 heteroatoms. The van der Waals surface area contributed by atoms with E-state index in [1.165, 1.54) is 0 Å². The normalized spacial score (nSPS) is 16.4. The van der Waals surface area contributed by atoms with E-state index >= 15 is 0 Å². The minimum atomic E-state index is -3.28. The van der Waals surface area contributed by atoms with Gasteiger partial charge in [-0.25, -0.2) is 8.42 Å². The maximum absolute atomic E-state index is 12.4. The molecule has 1 N–H and O–H groups in total. The van der Waals surface area contributed by atoms with Gasteiger partial charge in [-0.05, 0) is 33.8 Å². The minimum Gasteiger partial charge on any atom is -0.466 e. The Balaban J connectivity index is 0.00000392. The highest BCUT2D eigenvalue weighted by atomic mass is 127. The molecule has 1 aliphatic heterocycles. The van der Waals surface area contributed by atoms with E-state index < -0.39 is 10.0 Å². The van der Waals surface area contributed by atoms with E-state index in [0.29, 0.717) is 32.7 Å². The third-order valence-electron chi connectivity index (χ3n) is 4.52. The summed E-state index contributed by atoms with van der Waals surface area (Å²) in [7, 11) is -1.55. The van der Waals surface area contributed by atoms with Crippen LogP contribution in [-0.4, -0.2) is 75.3 Å². The Bertz CT molecular complexity index is 741. The second kappa shape index (κ2) is 11.4. The van der Waals surface area contributed by atoms with Crippen LogP contribution in [0.1, 0.15) is 30.9 Å². The number of aliphatic imine (C=N–C) groups is 1. The Morgan fingerprint density at radius 3 is 2.43 bits per heavy atom. The number of nitrogens with zero attached hydrogens (tertiary/aromatic N) is 3. The molecule has 1 fully saturated rings. The van der Waals surface area contributed by atoms with Crippen molar-refractivity contribution in [2.24, 2.45) is 4.99 Å². The summed E-state index contributed by atoms with van der Waals surface area (Å²) in [6.07, 6.45) is 0.0362. The van der Waals surface area contributed by atoms with E-state index in [9.17, 15) is 8.42 Å². The first kappa shape index (κ1) is 25.2. The van der Waals surface area contributed by atoms with Gasteiger partial charge in [0.15, 0.2) is 5.96 Å². The van der Waals surface area contributed by atoms with Crippen molar-refractivity contribution in [1.82, 2.24) is 14.5 Å². The third-order valence-corrected chi connectivity index (χ3v) is 6.35. The first-order valence-electron chi connectivity index (χ1n) is 9.34. The SMILES string of the molecule is CN=C(NCc1cc(C)oc1C)N1CCN(S(=O)(=O)CCOC(C)C)CC1.I. The van der Waals surface area contributed by atoms with Crippen LogP contribution >= 0.6 is 24.0 Å². The molecule has 28 heavy (non-hydrogen) atoms. The molecule has 1 saturated heterocycles. The minimum absolute atomic E-state index is 0. The van der Waals surface area contributed by atoms with Gasteiger partial charge in [-0.15, -0.1) is 24.0 Å². The van der Waals surface area contributed by atoms with Gasteiger partial charge in [0.2, 0.25) is 10.0 Å². The Kier molecular flexibility index (Phi) is 10.2. The lowest BCUT2D eigenvalue weighted by atomic mass is 10.2. The summed E-state index contributed by atoms with van der Waals surface area (Å²) in [5.74, 6) is 2.58. The molecule has 1 aromatic rings. The van der Waals surface area contributed by atoms with Crippen LogP contribution in [0.4, 0.5) is 0 Å². The largest absolute Gasteiger partial charge is 0.466 e. The molecule has 2 heterocycles. The fourth-order valence-corrected chi connectivity index (χ4v) is 4.35. The highest BCUT2D eigenvalue weighted by Crippen LogP contribution is 2.14. The van der Waals surface area contributed by atoms with E-state index in [-0.39, 0.29) is 42.4 Å². The highest BCUT2D eigenvalue weighted by Gasteiger charge is 2.28. The molecule has 0 amide bonds. The molecule has 0 radical (unpaired) electrons. The molecule has 0 saturated carbocycles. The molecule has 1 aliphatic rings. The van der Waals surface area contributed by atoms with Crippen molar-refractivity contribution >= 4 is 40.0 Å². The Hall–Kier alpha value is -0.850. The zero-order valence-corrected chi connectivity index (χ0v) is 20.5. The van der Waals surface area contributed by atoms with Gasteiger partial charge in [-0.1, -0.05) is 0 Å². The van der Waals surface area contributed by atoms with Crippen LogP contribution in [0.25, 0.3) is 0 Å². The second-order valence-corrected chi connectivity index (χ2v) is 9.05. The van der Waals surface area contributed by atoms with Crippen molar-refractivity contribution in [3.05, 3.63) is 23.2 Å². The number of ether oxygens (including phenoxy) is 1. The van der Waals surface area contributed by atoms with E-state index in [4.69, 9.17) is 9.15 Å². The zero-order chi connectivity index (χ0) is 20.0. The lowest BCUT2D eigenvalue weighted by molar-refractivity contribution is 0.0904. The number of furan rings is 1. The van der Waals surface area contributed by atoms with Crippen LogP contribution in [0.15, 0.2) is 15.5 Å². The molecule has 1 aromatic heterocycles. The summed E-state index contributed by atoms with van der Waals surface area (Å²) >= 11 is 0. The van der Waals surface area contributed by atoms with E-state index in [1.807, 2.05) is 33.8 Å². The van der Waals surface area contributed by atoms with Crippen LogP contribution < -0.4 is 5.32 Å². The van der Waals surface area contributed by atoms with Gasteiger partial charge in [0.05, 0.1) is 18.5 Å². The van der Waals surface area contributed by atoms with Crippen LogP contribution in [0, 0.1) is 13.8 Å². The van der Waals surface area contributed by atoms with Gasteiger partial charge in [0.25, 0.3) is 0 Å². The van der Waals surface area contributed by atoms with Crippen molar-refractivity contribution in [2.45, 2.75) is 40.3 Å². The number of halogens is 1. The highest BCUT2D eigenvalue weighted by molar-refractivity contribution is 14.0. The number of hydrogen-bond acceptors (Lipinski definition) is 5. The maximum atomic E-state index is 12.4. The summed E-state index contributed by atoms with van der Waals surface area (Å²) in [6.45, 7) is 10.6. The van der Waals surface area contributed by atoms with Crippen LogP contribution in [0.2, 0.25) is 0 Å². The molecule has 0 aliphatic carbocycles. The molecular formula is C18H33IN4O4S. The molecule has 2 rings (SSSR count). The lowest BCUT2D eigenvalue weighted by Gasteiger charge is -2.35. The van der Waals surface area contributed by atoms with Crippen molar-refractivity contribution in [3.63, 3.8) is 0 Å². The standard InChI is InChI=1S/C18H32N4O4S.HI/c1-14(2)25-10-11-27(23,24)22-8-6-21(7-9-22)18(19-5)20-13-17-12-15(3)26-16(17)4;/h12,14H,6-11,13H2,1-5H3,(H,19,20);1H. The number of nitrogens with one attached hydrogen (secondary N) is 1. The molecule has 0 spiro atoms. The fraction of sp³-hybridized carbons (Fsp3) is 0.722. The lowest BCUT2D eigenvalue weighted by Crippen LogP contribution is -2.54. The van der Waals surface area contributed by atoms with Crippen molar-refractivity contribution in [1.29, 1.82) is 0 Å². The molecule has 0 atom stereocenters. The maximum Gasteiger partial charge on any atom is 0.216 e. The van der Waals surface area contributed by atoms with Crippen molar-refractivity contribution in [3.8, 4) is 0 Å². The topological polar surface area (TPSA) is 87.4 Å². The monoisotopic (exact) mass is 528 g/mol. The number of hydrogen-bond donors (Lipinski definition) is 1. The molecule has 0 unspecified atom stereocenters. The third kappa shape index (κ3) is 7.20. The Morgan fingerprint density at radius 2 is 1.93 bits per heavy atom. The molecular weight excluding hydrogens is 495 g/mol. The number of rotatable bonds is 7. The van der Waals surface area contributed by atoms with Crippen LogP contribution in [0.3, 0.4) is 0 Å². The predicted molar refractivity (Wildman–Crippen MR) is 122 cm³/mol. The average Bonchev–Trinajstić information content (AvgIpc) is 2.93. The summed E-state index contributed by atoms with van der Waals surface area (Å²) in [4.78, 5) is 6.41. The first-order chi connectivity index (χ1) is 12.7. The van der Waals surface area contributed by atoms with Gasteiger partial charge in [-0.2, -0.15) is 4.31 Å². The van der Waals surface area contributed by atoms with Gasteiger partial charge >= 0.3 is 0 Å². The van der Waals surface area contributed by atoms with E-state index in [0.717, 1.165) is 23.0 Å². The molecule has 0 bridgehead atoms. The molecule has 0 aromatic carbocycles. The predicted octanol–water partition coefficient (Wildman–Crippen LogP) is 1.96. The summed E-state index contributed by atoms with van der Waals surface area (Å²) < 4.78 is 37.3. The van der Waals surface area contributed by atoms with Gasteiger partial charge in [0.1, 0.15) is 11.5 Å². The smallest absolute Gasteiger partial charge is 0.216 e. The Morgan fingerprint density at radius 1 is 1.29 bits per heavy atom. The van der Waals surface area contributed by atoms with Crippen molar-refractivity contribution < 1.29 is 17.6 Å². The van der Waals surface area contributed by atoms with Gasteiger partial charge in [0, 0.05) is 45.3 Å². The number of guanidine groups is 1. The second-order valence-electron chi connectivity index (χ2n) is 6.96. The number of piperazine rings is 1. The van der Waals surface area contributed by atoms with E-state index in [2.05, 4.69) is 15.2 Å².